The summed E-state index contributed by atoms with van der Waals surface area (Å²) in [6.45, 7) is 7.29. The summed E-state index contributed by atoms with van der Waals surface area (Å²) in [6.07, 6.45) is 0. The van der Waals surface area contributed by atoms with Crippen molar-refractivity contribution in [2.24, 2.45) is 10.4 Å². The number of aliphatic imine (C=N–C) groups is 1. The first-order valence-electron chi connectivity index (χ1n) is 7.77. The number of nitrogens with one attached hydrogen (secondary N) is 3. The van der Waals surface area contributed by atoms with E-state index in [0.717, 1.165) is 6.54 Å². The van der Waals surface area contributed by atoms with E-state index in [1.165, 1.54) is 4.90 Å². The van der Waals surface area contributed by atoms with E-state index in [-0.39, 0.29) is 29.9 Å². The number of hydrogen-bond donors (Lipinski definition) is 3. The van der Waals surface area contributed by atoms with Crippen LogP contribution in [0, 0.1) is 5.41 Å². The van der Waals surface area contributed by atoms with Gasteiger partial charge in [0.15, 0.2) is 5.96 Å². The van der Waals surface area contributed by atoms with Crippen LogP contribution in [0.25, 0.3) is 0 Å². The average molecular weight is 464 g/mol. The van der Waals surface area contributed by atoms with Gasteiger partial charge in [-0.1, -0.05) is 25.1 Å². The summed E-state index contributed by atoms with van der Waals surface area (Å²) >= 11 is 1.82. The number of carbonyl (C=O) groups excluding carboxylic acids is 1. The third kappa shape index (κ3) is 8.23. The number of nitrogens with zero attached hydrogens (tertiary/aromatic N) is 1. The van der Waals surface area contributed by atoms with Crippen LogP contribution in [0.5, 0.6) is 0 Å². The molecule has 1 rings (SSSR count). The highest BCUT2D eigenvalue weighted by Crippen LogP contribution is 2.21. The van der Waals surface area contributed by atoms with Crippen molar-refractivity contribution in [3.8, 4) is 0 Å². The van der Waals surface area contributed by atoms with Gasteiger partial charge in [0.25, 0.3) is 0 Å². The van der Waals surface area contributed by atoms with Crippen molar-refractivity contribution >= 4 is 47.6 Å². The Balaban J connectivity index is 0.00000529. The molecule has 0 aromatic heterocycles. The second-order valence-electron chi connectivity index (χ2n) is 6.01. The van der Waals surface area contributed by atoms with Crippen molar-refractivity contribution in [1.82, 2.24) is 16.0 Å². The predicted octanol–water partition coefficient (Wildman–Crippen LogP) is 2.72. The van der Waals surface area contributed by atoms with E-state index in [4.69, 9.17) is 0 Å². The minimum Gasteiger partial charge on any atom is -0.359 e. The van der Waals surface area contributed by atoms with Gasteiger partial charge >= 0.3 is 0 Å². The molecule has 0 heterocycles. The van der Waals surface area contributed by atoms with Crippen molar-refractivity contribution in [3.63, 3.8) is 0 Å². The van der Waals surface area contributed by atoms with Gasteiger partial charge in [-0.15, -0.1) is 35.7 Å². The van der Waals surface area contributed by atoms with Gasteiger partial charge in [0.1, 0.15) is 0 Å². The number of hydrogen-bond acceptors (Lipinski definition) is 3. The van der Waals surface area contributed by atoms with Crippen molar-refractivity contribution in [3.05, 3.63) is 30.3 Å². The van der Waals surface area contributed by atoms with Gasteiger partial charge in [-0.25, -0.2) is 0 Å². The molecular formula is C17H29IN4OS. The lowest BCUT2D eigenvalue weighted by Gasteiger charge is -2.24. The molecule has 1 aromatic rings. The third-order valence-corrected chi connectivity index (χ3v) is 4.51. The van der Waals surface area contributed by atoms with Gasteiger partial charge < -0.3 is 16.0 Å². The molecule has 0 aliphatic heterocycles. The van der Waals surface area contributed by atoms with Crippen LogP contribution in [-0.4, -0.2) is 44.3 Å². The largest absolute Gasteiger partial charge is 0.359 e. The van der Waals surface area contributed by atoms with Gasteiger partial charge in [-0.3, -0.25) is 9.79 Å². The normalized spacial score (nSPS) is 12.8. The minimum absolute atomic E-state index is 0. The SMILES string of the molecule is CN=C(NCC(C)Sc1ccccc1)NCC(C)(C)C(=O)NC.I. The second kappa shape index (κ2) is 11.6. The van der Waals surface area contributed by atoms with Crippen LogP contribution in [0.15, 0.2) is 40.2 Å². The Morgan fingerprint density at radius 2 is 1.88 bits per heavy atom. The van der Waals surface area contributed by atoms with E-state index in [1.807, 2.05) is 43.8 Å². The minimum atomic E-state index is -0.489. The molecule has 1 atom stereocenters. The summed E-state index contributed by atoms with van der Waals surface area (Å²) in [5, 5.41) is 9.61. The van der Waals surface area contributed by atoms with E-state index in [0.29, 0.717) is 17.8 Å². The van der Waals surface area contributed by atoms with E-state index in [2.05, 4.69) is 40.0 Å². The van der Waals surface area contributed by atoms with Crippen molar-refractivity contribution in [2.75, 3.05) is 27.2 Å². The van der Waals surface area contributed by atoms with E-state index >= 15 is 0 Å². The Morgan fingerprint density at radius 1 is 1.25 bits per heavy atom. The number of halogens is 1. The van der Waals surface area contributed by atoms with E-state index < -0.39 is 5.41 Å². The van der Waals surface area contributed by atoms with Crippen LogP contribution in [0.3, 0.4) is 0 Å². The number of rotatable bonds is 7. The van der Waals surface area contributed by atoms with Gasteiger partial charge in [-0.05, 0) is 26.0 Å². The zero-order chi connectivity index (χ0) is 17.3. The molecule has 24 heavy (non-hydrogen) atoms. The molecule has 0 radical (unpaired) electrons. The summed E-state index contributed by atoms with van der Waals surface area (Å²) in [5.41, 5.74) is -0.489. The van der Waals surface area contributed by atoms with Gasteiger partial charge in [0.2, 0.25) is 5.91 Å². The fraction of sp³-hybridized carbons (Fsp3) is 0.529. The highest BCUT2D eigenvalue weighted by Gasteiger charge is 2.26. The zero-order valence-electron chi connectivity index (χ0n) is 15.1. The summed E-state index contributed by atoms with van der Waals surface area (Å²) in [4.78, 5) is 17.3. The highest BCUT2D eigenvalue weighted by atomic mass is 127. The van der Waals surface area contributed by atoms with Crippen molar-refractivity contribution in [1.29, 1.82) is 0 Å². The Bertz CT molecular complexity index is 523. The second-order valence-corrected chi connectivity index (χ2v) is 7.52. The molecule has 1 amide bonds. The molecule has 0 aliphatic carbocycles. The fourth-order valence-corrected chi connectivity index (χ4v) is 2.90. The predicted molar refractivity (Wildman–Crippen MR) is 114 cm³/mol. The first-order chi connectivity index (χ1) is 10.9. The van der Waals surface area contributed by atoms with E-state index in [1.54, 1.807) is 14.1 Å². The lowest BCUT2D eigenvalue weighted by molar-refractivity contribution is -0.128. The molecule has 3 N–H and O–H groups in total. The molecule has 1 unspecified atom stereocenters. The molecule has 0 aliphatic rings. The first-order valence-corrected chi connectivity index (χ1v) is 8.65. The van der Waals surface area contributed by atoms with Crippen LogP contribution in [0.1, 0.15) is 20.8 Å². The van der Waals surface area contributed by atoms with Gasteiger partial charge in [0.05, 0.1) is 5.41 Å². The molecule has 0 bridgehead atoms. The zero-order valence-corrected chi connectivity index (χ0v) is 18.2. The maximum absolute atomic E-state index is 11.8. The smallest absolute Gasteiger partial charge is 0.227 e. The number of carbonyl (C=O) groups is 1. The average Bonchev–Trinajstić information content (AvgIpc) is 2.55. The van der Waals surface area contributed by atoms with Gasteiger partial charge in [0, 0.05) is 37.3 Å². The van der Waals surface area contributed by atoms with Crippen LogP contribution >= 0.6 is 35.7 Å². The molecule has 0 saturated heterocycles. The number of thioether (sulfide) groups is 1. The van der Waals surface area contributed by atoms with Crippen molar-refractivity contribution < 1.29 is 4.79 Å². The molecule has 1 aromatic carbocycles. The number of benzene rings is 1. The third-order valence-electron chi connectivity index (χ3n) is 3.40. The van der Waals surface area contributed by atoms with Crippen LogP contribution in [0.2, 0.25) is 0 Å². The molecule has 7 heteroatoms. The Labute approximate surface area is 166 Å². The van der Waals surface area contributed by atoms with Crippen LogP contribution in [0.4, 0.5) is 0 Å². The summed E-state index contributed by atoms with van der Waals surface area (Å²) in [5.74, 6) is 0.718. The standard InChI is InChI=1S/C17H28N4OS.HI/c1-13(23-14-9-7-6-8-10-14)11-20-16(19-5)21-12-17(2,3)15(22)18-4;/h6-10,13H,11-12H2,1-5H3,(H,18,22)(H2,19,20,21);1H. The van der Waals surface area contributed by atoms with E-state index in [9.17, 15) is 4.79 Å². The molecule has 5 nitrogen and oxygen atoms in total. The topological polar surface area (TPSA) is 65.5 Å². The molecular weight excluding hydrogens is 435 g/mol. The fourth-order valence-electron chi connectivity index (χ4n) is 1.96. The monoisotopic (exact) mass is 464 g/mol. The lowest BCUT2D eigenvalue weighted by atomic mass is 9.92. The van der Waals surface area contributed by atoms with Crippen LogP contribution < -0.4 is 16.0 Å². The molecule has 0 saturated carbocycles. The number of amides is 1. The first kappa shape index (κ1) is 23.0. The Morgan fingerprint density at radius 3 is 2.42 bits per heavy atom. The van der Waals surface area contributed by atoms with Crippen LogP contribution in [-0.2, 0) is 4.79 Å². The quantitative estimate of drug-likeness (QED) is 0.251. The van der Waals surface area contributed by atoms with Gasteiger partial charge in [-0.2, -0.15) is 0 Å². The molecule has 136 valence electrons. The summed E-state index contributed by atoms with van der Waals surface area (Å²) in [7, 11) is 3.39. The maximum Gasteiger partial charge on any atom is 0.227 e. The molecule has 0 fully saturated rings. The lowest BCUT2D eigenvalue weighted by Crippen LogP contribution is -2.48. The summed E-state index contributed by atoms with van der Waals surface area (Å²) < 4.78 is 0. The summed E-state index contributed by atoms with van der Waals surface area (Å²) in [6, 6.07) is 10.3. The Kier molecular flexibility index (Phi) is 11.1. The maximum atomic E-state index is 11.8. The Hall–Kier alpha value is -0.960. The molecule has 0 spiro atoms. The highest BCUT2D eigenvalue weighted by molar-refractivity contribution is 14.0. The number of guanidine groups is 1. The van der Waals surface area contributed by atoms with Crippen molar-refractivity contribution in [2.45, 2.75) is 30.9 Å².